The molecule has 0 radical (unpaired) electrons. The van der Waals surface area contributed by atoms with E-state index in [0.717, 1.165) is 5.69 Å². The number of aryl methyl sites for hydroxylation is 1. The summed E-state index contributed by atoms with van der Waals surface area (Å²) in [5.41, 5.74) is 6.81. The number of hydrogen-bond donors (Lipinski definition) is 1. The number of hydrogen-bond acceptors (Lipinski definition) is 2. The van der Waals surface area contributed by atoms with Crippen molar-refractivity contribution in [2.24, 2.45) is 0 Å². The van der Waals surface area contributed by atoms with Crippen LogP contribution in [-0.2, 0) is 0 Å². The second kappa shape index (κ2) is 2.23. The van der Waals surface area contributed by atoms with Gasteiger partial charge in [-0.2, -0.15) is 0 Å². The molecule has 0 spiro atoms. The van der Waals surface area contributed by atoms with Crippen LogP contribution in [0.5, 0.6) is 0 Å². The van der Waals surface area contributed by atoms with Crippen molar-refractivity contribution in [3.8, 4) is 0 Å². The predicted octanol–water partition coefficient (Wildman–Crippen LogP) is 1.63. The first-order valence-corrected chi connectivity index (χ1v) is 2.95. The molecule has 1 heterocycles. The number of anilines is 1. The van der Waals surface area contributed by atoms with Gasteiger partial charge in [-0.1, -0.05) is 11.6 Å². The number of nitrogens with two attached hydrogens (primary N) is 1. The third-order valence-corrected chi connectivity index (χ3v) is 1.35. The smallest absolute Gasteiger partial charge is 0.0690 e. The Morgan fingerprint density at radius 2 is 2.33 bits per heavy atom. The van der Waals surface area contributed by atoms with Gasteiger partial charge in [0.2, 0.25) is 0 Å². The highest BCUT2D eigenvalue weighted by molar-refractivity contribution is 6.33. The molecule has 1 aromatic rings. The van der Waals surface area contributed by atoms with Gasteiger partial charge in [0.25, 0.3) is 0 Å². The Balaban J connectivity index is 3.17. The van der Waals surface area contributed by atoms with E-state index in [2.05, 4.69) is 4.98 Å². The first-order valence-electron chi connectivity index (χ1n) is 2.58. The average Bonchev–Trinajstić information content (AvgIpc) is 1.80. The molecule has 0 aliphatic rings. The third kappa shape index (κ3) is 1.33. The van der Waals surface area contributed by atoms with Crippen molar-refractivity contribution in [2.75, 3.05) is 5.73 Å². The molecule has 1 rings (SSSR count). The summed E-state index contributed by atoms with van der Waals surface area (Å²) in [5.74, 6) is 0. The van der Waals surface area contributed by atoms with E-state index in [4.69, 9.17) is 17.3 Å². The maximum absolute atomic E-state index is 5.65. The Labute approximate surface area is 58.7 Å². The lowest BCUT2D eigenvalue weighted by Crippen LogP contribution is -1.88. The van der Waals surface area contributed by atoms with Crippen molar-refractivity contribution in [3.63, 3.8) is 0 Å². The van der Waals surface area contributed by atoms with Gasteiger partial charge in [-0.3, -0.25) is 4.98 Å². The normalized spacial score (nSPS) is 9.56. The lowest BCUT2D eigenvalue weighted by molar-refractivity contribution is 1.20. The fraction of sp³-hybridized carbons (Fsp3) is 0.167. The van der Waals surface area contributed by atoms with E-state index in [0.29, 0.717) is 10.7 Å². The van der Waals surface area contributed by atoms with Crippen molar-refractivity contribution >= 4 is 17.3 Å². The lowest BCUT2D eigenvalue weighted by atomic mass is 10.3. The van der Waals surface area contributed by atoms with Crippen molar-refractivity contribution in [2.45, 2.75) is 6.92 Å². The van der Waals surface area contributed by atoms with Crippen LogP contribution in [0.15, 0.2) is 12.3 Å². The van der Waals surface area contributed by atoms with E-state index in [1.165, 1.54) is 0 Å². The zero-order chi connectivity index (χ0) is 6.85. The molecule has 0 aromatic carbocycles. The summed E-state index contributed by atoms with van der Waals surface area (Å²) >= 11 is 5.65. The van der Waals surface area contributed by atoms with Crippen molar-refractivity contribution < 1.29 is 0 Å². The zero-order valence-electron chi connectivity index (χ0n) is 5.06. The Hall–Kier alpha value is -0.760. The van der Waals surface area contributed by atoms with Crippen molar-refractivity contribution in [1.82, 2.24) is 4.98 Å². The fourth-order valence-corrected chi connectivity index (χ4v) is 0.744. The van der Waals surface area contributed by atoms with Gasteiger partial charge in [0.05, 0.1) is 16.9 Å². The second-order valence-corrected chi connectivity index (χ2v) is 2.25. The van der Waals surface area contributed by atoms with E-state index in [-0.39, 0.29) is 0 Å². The first kappa shape index (κ1) is 6.36. The summed E-state index contributed by atoms with van der Waals surface area (Å²) in [5, 5.41) is 0.572. The van der Waals surface area contributed by atoms with Gasteiger partial charge in [-0.15, -0.1) is 0 Å². The van der Waals surface area contributed by atoms with Crippen LogP contribution in [-0.4, -0.2) is 4.98 Å². The summed E-state index contributed by atoms with van der Waals surface area (Å²) in [7, 11) is 0. The van der Waals surface area contributed by atoms with E-state index in [9.17, 15) is 0 Å². The standard InChI is InChI=1S/C6H7ClN2/c1-4-2-5(7)6(8)3-9-4/h2-3H,8H2,1H3. The summed E-state index contributed by atoms with van der Waals surface area (Å²) in [6, 6.07) is 1.73. The average molecular weight is 143 g/mol. The van der Waals surface area contributed by atoms with Gasteiger partial charge in [0.1, 0.15) is 0 Å². The topological polar surface area (TPSA) is 38.9 Å². The van der Waals surface area contributed by atoms with E-state index in [1.54, 1.807) is 12.3 Å². The molecule has 0 aliphatic heterocycles. The molecule has 48 valence electrons. The van der Waals surface area contributed by atoms with Crippen LogP contribution in [0.1, 0.15) is 5.69 Å². The Morgan fingerprint density at radius 1 is 1.67 bits per heavy atom. The van der Waals surface area contributed by atoms with Gasteiger partial charge in [-0.05, 0) is 13.0 Å². The summed E-state index contributed by atoms with van der Waals surface area (Å²) in [4.78, 5) is 3.93. The lowest BCUT2D eigenvalue weighted by Gasteiger charge is -1.95. The van der Waals surface area contributed by atoms with Gasteiger partial charge >= 0.3 is 0 Å². The Kier molecular flexibility index (Phi) is 1.58. The highest BCUT2D eigenvalue weighted by atomic mass is 35.5. The van der Waals surface area contributed by atoms with Crippen LogP contribution in [0.3, 0.4) is 0 Å². The van der Waals surface area contributed by atoms with Crippen LogP contribution < -0.4 is 5.73 Å². The van der Waals surface area contributed by atoms with Gasteiger partial charge in [0, 0.05) is 5.69 Å². The molecule has 9 heavy (non-hydrogen) atoms. The molecular weight excluding hydrogens is 136 g/mol. The number of aromatic nitrogens is 1. The molecule has 3 heteroatoms. The SMILES string of the molecule is Cc1cc(Cl)c(N)cn1. The van der Waals surface area contributed by atoms with Gasteiger partial charge in [0.15, 0.2) is 0 Å². The third-order valence-electron chi connectivity index (χ3n) is 1.02. The largest absolute Gasteiger partial charge is 0.396 e. The molecular formula is C6H7ClN2. The van der Waals surface area contributed by atoms with Crippen LogP contribution in [0, 0.1) is 6.92 Å². The molecule has 0 saturated heterocycles. The summed E-state index contributed by atoms with van der Waals surface area (Å²) < 4.78 is 0. The monoisotopic (exact) mass is 142 g/mol. The zero-order valence-corrected chi connectivity index (χ0v) is 5.81. The van der Waals surface area contributed by atoms with Crippen LogP contribution in [0.2, 0.25) is 5.02 Å². The Bertz CT molecular complexity index is 222. The van der Waals surface area contributed by atoms with Crippen LogP contribution in [0.25, 0.3) is 0 Å². The summed E-state index contributed by atoms with van der Waals surface area (Å²) in [6.45, 7) is 1.87. The Morgan fingerprint density at radius 3 is 2.78 bits per heavy atom. The predicted molar refractivity (Wildman–Crippen MR) is 38.4 cm³/mol. The van der Waals surface area contributed by atoms with E-state index in [1.807, 2.05) is 6.92 Å². The molecule has 0 amide bonds. The first-order chi connectivity index (χ1) is 4.20. The van der Waals surface area contributed by atoms with Gasteiger partial charge < -0.3 is 5.73 Å². The minimum Gasteiger partial charge on any atom is -0.396 e. The molecule has 2 N–H and O–H groups in total. The highest BCUT2D eigenvalue weighted by Crippen LogP contribution is 2.16. The molecule has 0 aliphatic carbocycles. The fourth-order valence-electron chi connectivity index (χ4n) is 0.537. The molecule has 0 atom stereocenters. The molecule has 0 bridgehead atoms. The maximum atomic E-state index is 5.65. The van der Waals surface area contributed by atoms with Gasteiger partial charge in [-0.25, -0.2) is 0 Å². The second-order valence-electron chi connectivity index (χ2n) is 1.85. The molecule has 0 unspecified atom stereocenters. The molecule has 0 fully saturated rings. The molecule has 1 aromatic heterocycles. The maximum Gasteiger partial charge on any atom is 0.0690 e. The number of nitrogen functional groups attached to an aromatic ring is 1. The number of pyridine rings is 1. The minimum atomic E-state index is 0.530. The highest BCUT2D eigenvalue weighted by Gasteiger charge is 1.93. The van der Waals surface area contributed by atoms with Crippen molar-refractivity contribution in [1.29, 1.82) is 0 Å². The number of rotatable bonds is 0. The minimum absolute atomic E-state index is 0.530. The quantitative estimate of drug-likeness (QED) is 0.598. The number of nitrogens with zero attached hydrogens (tertiary/aromatic N) is 1. The van der Waals surface area contributed by atoms with E-state index >= 15 is 0 Å². The molecule has 0 saturated carbocycles. The summed E-state index contributed by atoms with van der Waals surface area (Å²) in [6.07, 6.45) is 1.55. The van der Waals surface area contributed by atoms with Crippen molar-refractivity contribution in [3.05, 3.63) is 23.0 Å². The van der Waals surface area contributed by atoms with E-state index < -0.39 is 0 Å². The van der Waals surface area contributed by atoms with Crippen LogP contribution >= 0.6 is 11.6 Å². The van der Waals surface area contributed by atoms with Crippen LogP contribution in [0.4, 0.5) is 5.69 Å². The number of halogens is 1. The molecule has 2 nitrogen and oxygen atoms in total.